The summed E-state index contributed by atoms with van der Waals surface area (Å²) in [5, 5.41) is 2.08. The van der Waals surface area contributed by atoms with Crippen molar-refractivity contribution in [3.8, 4) is 0 Å². The van der Waals surface area contributed by atoms with Gasteiger partial charge < -0.3 is 9.74 Å². The number of nitrogens with zero attached hydrogens (tertiary/aromatic N) is 1. The highest BCUT2D eigenvalue weighted by molar-refractivity contribution is 9.11. The van der Waals surface area contributed by atoms with Crippen molar-refractivity contribution in [2.24, 2.45) is 5.84 Å². The van der Waals surface area contributed by atoms with Gasteiger partial charge in [0.05, 0.1) is 10.2 Å². The van der Waals surface area contributed by atoms with Crippen molar-refractivity contribution in [2.75, 3.05) is 13.6 Å². The highest BCUT2D eigenvalue weighted by Gasteiger charge is 2.07. The summed E-state index contributed by atoms with van der Waals surface area (Å²) < 4.78 is 1.11. The fraction of sp³-hybridized carbons (Fsp3) is 0.444. The average molecular weight is 308 g/mol. The molecule has 0 spiro atoms. The minimum absolute atomic E-state index is 0.312. The van der Waals surface area contributed by atoms with Crippen LogP contribution in [0, 0.1) is 0 Å². The first-order valence-corrected chi connectivity index (χ1v) is 6.36. The summed E-state index contributed by atoms with van der Waals surface area (Å²) in [7, 11) is 1.95. The highest BCUT2D eigenvalue weighted by atomic mass is 79.9. The number of thiophene rings is 1. The molecule has 0 radical (unpaired) electrons. The molecule has 1 aromatic heterocycles. The fourth-order valence-corrected chi connectivity index (χ4v) is 2.42. The number of carbonyl (C=O) groups is 1. The summed E-state index contributed by atoms with van der Waals surface area (Å²) in [5.41, 5.74) is 3.10. The molecule has 0 aromatic carbocycles. The molecule has 1 aromatic rings. The molecule has 0 saturated carbocycles. The lowest BCUT2D eigenvalue weighted by Gasteiger charge is -2.14. The molecule has 0 bridgehead atoms. The average Bonchev–Trinajstić information content (AvgIpc) is 2.61. The van der Waals surface area contributed by atoms with E-state index in [9.17, 15) is 4.79 Å². The Balaban J connectivity index is 2.25. The first kappa shape index (κ1) is 13.6. The van der Waals surface area contributed by atoms with Gasteiger partial charge in [0, 0.05) is 13.1 Å². The Bertz CT molecular complexity index is 345. The van der Waals surface area contributed by atoms with Gasteiger partial charge in [-0.1, -0.05) is 5.59 Å². The highest BCUT2D eigenvalue weighted by Crippen LogP contribution is 2.21. The van der Waals surface area contributed by atoms with E-state index in [1.807, 2.05) is 17.5 Å². The van der Waals surface area contributed by atoms with Crippen molar-refractivity contribution in [1.82, 2.24) is 10.5 Å². The number of halogens is 1. The standard InChI is InChI=1S/C9H14BrN3O2S/c1-13(3-2-9(14)15-12-11)5-7-4-8(10)16-6-7/h4,6,12H,2-3,5,11H2,1H3. The van der Waals surface area contributed by atoms with Crippen LogP contribution in [-0.2, 0) is 16.2 Å². The van der Waals surface area contributed by atoms with E-state index in [-0.39, 0.29) is 5.97 Å². The molecule has 3 N–H and O–H groups in total. The third-order valence-corrected chi connectivity index (χ3v) is 3.50. The van der Waals surface area contributed by atoms with Crippen LogP contribution in [0.25, 0.3) is 0 Å². The number of hydrogen-bond acceptors (Lipinski definition) is 6. The monoisotopic (exact) mass is 307 g/mol. The number of hydrogen-bond donors (Lipinski definition) is 2. The topological polar surface area (TPSA) is 67.6 Å². The molecule has 0 atom stereocenters. The molecule has 90 valence electrons. The van der Waals surface area contributed by atoms with Gasteiger partial charge in [0.25, 0.3) is 0 Å². The summed E-state index contributed by atoms with van der Waals surface area (Å²) >= 11 is 5.06. The summed E-state index contributed by atoms with van der Waals surface area (Å²) in [5.74, 6) is 4.49. The summed E-state index contributed by atoms with van der Waals surface area (Å²) in [6.07, 6.45) is 0.312. The van der Waals surface area contributed by atoms with E-state index in [0.717, 1.165) is 10.3 Å². The van der Waals surface area contributed by atoms with Crippen LogP contribution in [0.2, 0.25) is 0 Å². The minimum Gasteiger partial charge on any atom is -0.356 e. The SMILES string of the molecule is CN(CCC(=O)ONN)Cc1csc(Br)c1. The molecule has 0 saturated heterocycles. The Kier molecular flexibility index (Phi) is 5.93. The predicted octanol–water partition coefficient (Wildman–Crippen LogP) is 1.25. The van der Waals surface area contributed by atoms with Gasteiger partial charge in [0.15, 0.2) is 0 Å². The Hall–Kier alpha value is -0.470. The van der Waals surface area contributed by atoms with Gasteiger partial charge in [-0.25, -0.2) is 5.84 Å². The van der Waals surface area contributed by atoms with Crippen LogP contribution in [0.15, 0.2) is 15.2 Å². The molecule has 0 aliphatic carbocycles. The normalized spacial score (nSPS) is 10.8. The first-order valence-electron chi connectivity index (χ1n) is 4.68. The molecule has 0 aliphatic heterocycles. The Morgan fingerprint density at radius 2 is 2.50 bits per heavy atom. The van der Waals surface area contributed by atoms with Gasteiger partial charge in [-0.3, -0.25) is 4.79 Å². The van der Waals surface area contributed by atoms with Gasteiger partial charge in [-0.05, 0) is 40.0 Å². The van der Waals surface area contributed by atoms with Crippen LogP contribution >= 0.6 is 27.3 Å². The second-order valence-electron chi connectivity index (χ2n) is 3.34. The van der Waals surface area contributed by atoms with Crippen LogP contribution in [0.1, 0.15) is 12.0 Å². The molecule has 0 fully saturated rings. The predicted molar refractivity (Wildman–Crippen MR) is 66.4 cm³/mol. The van der Waals surface area contributed by atoms with Crippen molar-refractivity contribution in [3.05, 3.63) is 20.8 Å². The van der Waals surface area contributed by atoms with Crippen molar-refractivity contribution in [1.29, 1.82) is 0 Å². The first-order chi connectivity index (χ1) is 7.61. The molecular weight excluding hydrogens is 294 g/mol. The van der Waals surface area contributed by atoms with Gasteiger partial charge in [-0.15, -0.1) is 11.3 Å². The molecule has 16 heavy (non-hydrogen) atoms. The minimum atomic E-state index is -0.360. The molecular formula is C9H14BrN3O2S. The number of carbonyl (C=O) groups excluding carboxylic acids is 1. The smallest absolute Gasteiger partial charge is 0.327 e. The quantitative estimate of drug-likeness (QED) is 0.611. The Labute approximate surface area is 107 Å². The summed E-state index contributed by atoms with van der Waals surface area (Å²) in [6.45, 7) is 1.44. The molecule has 1 rings (SSSR count). The van der Waals surface area contributed by atoms with Crippen molar-refractivity contribution in [2.45, 2.75) is 13.0 Å². The van der Waals surface area contributed by atoms with Crippen molar-refractivity contribution >= 4 is 33.2 Å². The van der Waals surface area contributed by atoms with Gasteiger partial charge in [0.1, 0.15) is 0 Å². The van der Waals surface area contributed by atoms with E-state index < -0.39 is 0 Å². The fourth-order valence-electron chi connectivity index (χ4n) is 1.22. The van der Waals surface area contributed by atoms with Crippen LogP contribution in [0.5, 0.6) is 0 Å². The number of hydrazine groups is 1. The Morgan fingerprint density at radius 1 is 1.75 bits per heavy atom. The number of nitrogens with two attached hydrogens (primary N) is 1. The van der Waals surface area contributed by atoms with E-state index >= 15 is 0 Å². The van der Waals surface area contributed by atoms with Gasteiger partial charge in [0.2, 0.25) is 0 Å². The van der Waals surface area contributed by atoms with Gasteiger partial charge in [-0.2, -0.15) is 0 Å². The summed E-state index contributed by atoms with van der Waals surface area (Å²) in [6, 6.07) is 2.07. The molecule has 0 amide bonds. The van der Waals surface area contributed by atoms with Crippen LogP contribution in [-0.4, -0.2) is 24.5 Å². The van der Waals surface area contributed by atoms with Gasteiger partial charge >= 0.3 is 5.97 Å². The second-order valence-corrected chi connectivity index (χ2v) is 5.63. The maximum absolute atomic E-state index is 11.0. The zero-order valence-electron chi connectivity index (χ0n) is 8.90. The lowest BCUT2D eigenvalue weighted by atomic mass is 10.3. The molecule has 0 aliphatic rings. The number of nitrogens with one attached hydrogen (secondary N) is 1. The van der Waals surface area contributed by atoms with E-state index in [4.69, 9.17) is 5.84 Å². The van der Waals surface area contributed by atoms with E-state index in [2.05, 4.69) is 32.2 Å². The molecule has 7 heteroatoms. The molecule has 5 nitrogen and oxygen atoms in total. The van der Waals surface area contributed by atoms with E-state index in [0.29, 0.717) is 13.0 Å². The van der Waals surface area contributed by atoms with E-state index in [1.165, 1.54) is 5.56 Å². The third-order valence-electron chi connectivity index (χ3n) is 1.94. The lowest BCUT2D eigenvalue weighted by molar-refractivity contribution is -0.151. The Morgan fingerprint density at radius 3 is 3.06 bits per heavy atom. The van der Waals surface area contributed by atoms with Crippen molar-refractivity contribution in [3.63, 3.8) is 0 Å². The zero-order valence-corrected chi connectivity index (χ0v) is 11.3. The molecule has 0 unspecified atom stereocenters. The third kappa shape index (κ3) is 5.04. The van der Waals surface area contributed by atoms with E-state index in [1.54, 1.807) is 11.3 Å². The lowest BCUT2D eigenvalue weighted by Crippen LogP contribution is -2.29. The number of rotatable bonds is 6. The largest absolute Gasteiger partial charge is 0.356 e. The van der Waals surface area contributed by atoms with Crippen LogP contribution in [0.4, 0.5) is 0 Å². The zero-order chi connectivity index (χ0) is 12.0. The van der Waals surface area contributed by atoms with Crippen molar-refractivity contribution < 1.29 is 9.63 Å². The maximum Gasteiger partial charge on any atom is 0.327 e. The maximum atomic E-state index is 11.0. The second kappa shape index (κ2) is 6.97. The summed E-state index contributed by atoms with van der Waals surface area (Å²) in [4.78, 5) is 17.5. The van der Waals surface area contributed by atoms with Crippen LogP contribution < -0.4 is 11.4 Å². The van der Waals surface area contributed by atoms with Crippen LogP contribution in [0.3, 0.4) is 0 Å². The molecule has 1 heterocycles.